The van der Waals surface area contributed by atoms with Gasteiger partial charge in [-0.2, -0.15) is 0 Å². The van der Waals surface area contributed by atoms with Crippen LogP contribution < -0.4 is 0 Å². The maximum Gasteiger partial charge on any atom is 0.233 e. The quantitative estimate of drug-likeness (QED) is 0.927. The van der Waals surface area contributed by atoms with Crippen LogP contribution in [0, 0.1) is 5.92 Å². The topological polar surface area (TPSA) is 40.5 Å². The average Bonchev–Trinajstić information content (AvgIpc) is 3.22. The van der Waals surface area contributed by atoms with Gasteiger partial charge in [-0.1, -0.05) is 43.2 Å². The van der Waals surface area contributed by atoms with Gasteiger partial charge in [0, 0.05) is 0 Å². The van der Waals surface area contributed by atoms with Gasteiger partial charge in [0.25, 0.3) is 0 Å². The third kappa shape index (κ3) is 2.02. The summed E-state index contributed by atoms with van der Waals surface area (Å²) in [6.45, 7) is 1.09. The number of β-amino-alcohol motifs (C(OH)–C–C–N with tert-alkyl or cyclic N) is 1. The monoisotopic (exact) mass is 285 g/mol. The number of hydrogen-bond donors (Lipinski definition) is 1. The Labute approximate surface area is 126 Å². The fourth-order valence-corrected chi connectivity index (χ4v) is 4.30. The van der Waals surface area contributed by atoms with E-state index in [1.165, 1.54) is 0 Å². The molecule has 1 aromatic rings. The van der Waals surface area contributed by atoms with Crippen molar-refractivity contribution in [1.82, 2.24) is 4.90 Å². The predicted octanol–water partition coefficient (Wildman–Crippen LogP) is 2.48. The van der Waals surface area contributed by atoms with Crippen LogP contribution in [-0.2, 0) is 10.2 Å². The summed E-state index contributed by atoms with van der Waals surface area (Å²) in [6.07, 6.45) is 6.41. The van der Waals surface area contributed by atoms with E-state index in [4.69, 9.17) is 0 Å². The van der Waals surface area contributed by atoms with Crippen LogP contribution in [0.15, 0.2) is 30.3 Å². The number of amides is 1. The summed E-state index contributed by atoms with van der Waals surface area (Å²) in [5.41, 5.74) is 0.257. The molecule has 112 valence electrons. The molecule has 3 heteroatoms. The first kappa shape index (κ1) is 13.3. The van der Waals surface area contributed by atoms with Crippen molar-refractivity contribution in [2.75, 3.05) is 13.1 Å². The molecule has 1 aliphatic heterocycles. The largest absolute Gasteiger partial charge is 0.386 e. The van der Waals surface area contributed by atoms with E-state index in [2.05, 4.69) is 12.1 Å². The van der Waals surface area contributed by atoms with Gasteiger partial charge in [-0.15, -0.1) is 0 Å². The number of hydrogen-bond acceptors (Lipinski definition) is 2. The third-order valence-electron chi connectivity index (χ3n) is 5.75. The molecule has 3 aliphatic rings. The van der Waals surface area contributed by atoms with Crippen LogP contribution in [0.4, 0.5) is 0 Å². The molecule has 0 unspecified atom stereocenters. The average molecular weight is 285 g/mol. The summed E-state index contributed by atoms with van der Waals surface area (Å²) in [5, 5.41) is 10.5. The van der Waals surface area contributed by atoms with Crippen molar-refractivity contribution in [3.63, 3.8) is 0 Å². The number of carbonyl (C=O) groups excluding carboxylic acids is 1. The zero-order chi connectivity index (χ0) is 14.5. The number of likely N-dealkylation sites (tertiary alicyclic amines) is 1. The highest BCUT2D eigenvalue weighted by atomic mass is 16.3. The standard InChI is InChI=1S/C18H23NO2/c20-16(19-12-18(21,13-19)15-8-9-15)17(10-4-5-11-17)14-6-2-1-3-7-14/h1-3,6-7,15,21H,4-5,8-13H2. The van der Waals surface area contributed by atoms with Gasteiger partial charge in [-0.3, -0.25) is 4.79 Å². The molecule has 2 aliphatic carbocycles. The third-order valence-corrected chi connectivity index (χ3v) is 5.75. The molecule has 0 spiro atoms. The molecule has 0 aromatic heterocycles. The van der Waals surface area contributed by atoms with Crippen LogP contribution in [0.2, 0.25) is 0 Å². The molecule has 3 nitrogen and oxygen atoms in total. The maximum absolute atomic E-state index is 13.1. The lowest BCUT2D eigenvalue weighted by Gasteiger charge is -2.50. The second-order valence-electron chi connectivity index (χ2n) is 7.19. The molecular formula is C18H23NO2. The van der Waals surface area contributed by atoms with Gasteiger partial charge in [0.05, 0.1) is 18.5 Å². The van der Waals surface area contributed by atoms with Crippen LogP contribution >= 0.6 is 0 Å². The molecule has 0 bridgehead atoms. The minimum absolute atomic E-state index is 0.247. The van der Waals surface area contributed by atoms with E-state index in [9.17, 15) is 9.90 Å². The Hall–Kier alpha value is -1.35. The highest BCUT2D eigenvalue weighted by molar-refractivity contribution is 5.89. The van der Waals surface area contributed by atoms with Crippen molar-refractivity contribution in [2.45, 2.75) is 49.5 Å². The van der Waals surface area contributed by atoms with Gasteiger partial charge < -0.3 is 10.0 Å². The Morgan fingerprint density at radius 3 is 2.29 bits per heavy atom. The molecular weight excluding hydrogens is 262 g/mol. The summed E-state index contributed by atoms with van der Waals surface area (Å²) in [4.78, 5) is 15.0. The highest BCUT2D eigenvalue weighted by Crippen LogP contribution is 2.48. The van der Waals surface area contributed by atoms with Gasteiger partial charge in [-0.25, -0.2) is 0 Å². The van der Waals surface area contributed by atoms with E-state index in [1.54, 1.807) is 0 Å². The molecule has 1 aromatic carbocycles. The maximum atomic E-state index is 13.1. The molecule has 1 N–H and O–H groups in total. The van der Waals surface area contributed by atoms with E-state index < -0.39 is 5.60 Å². The Balaban J connectivity index is 1.56. The minimum atomic E-state index is -0.577. The van der Waals surface area contributed by atoms with E-state index in [-0.39, 0.29) is 11.3 Å². The lowest BCUT2D eigenvalue weighted by molar-refractivity contribution is -0.165. The molecule has 1 heterocycles. The summed E-state index contributed by atoms with van der Waals surface area (Å²) in [6, 6.07) is 10.2. The SMILES string of the molecule is O=C(N1CC(O)(C2CC2)C1)C1(c2ccccc2)CCCC1. The molecule has 1 amide bonds. The molecule has 21 heavy (non-hydrogen) atoms. The summed E-state index contributed by atoms with van der Waals surface area (Å²) in [7, 11) is 0. The van der Waals surface area contributed by atoms with Crippen LogP contribution in [0.1, 0.15) is 44.1 Å². The van der Waals surface area contributed by atoms with Crippen molar-refractivity contribution in [2.24, 2.45) is 5.92 Å². The first-order valence-corrected chi connectivity index (χ1v) is 8.21. The fraction of sp³-hybridized carbons (Fsp3) is 0.611. The van der Waals surface area contributed by atoms with Crippen LogP contribution in [-0.4, -0.2) is 34.6 Å². The second-order valence-corrected chi connectivity index (χ2v) is 7.19. The molecule has 0 radical (unpaired) electrons. The van der Waals surface area contributed by atoms with Gasteiger partial charge in [0.1, 0.15) is 5.60 Å². The van der Waals surface area contributed by atoms with E-state index in [0.29, 0.717) is 19.0 Å². The molecule has 4 rings (SSSR count). The summed E-state index contributed by atoms with van der Waals surface area (Å²) < 4.78 is 0. The number of carbonyl (C=O) groups is 1. The molecule has 2 saturated carbocycles. The minimum Gasteiger partial charge on any atom is -0.386 e. The van der Waals surface area contributed by atoms with Gasteiger partial charge in [0.2, 0.25) is 5.91 Å². The van der Waals surface area contributed by atoms with Crippen molar-refractivity contribution in [3.05, 3.63) is 35.9 Å². The lowest BCUT2D eigenvalue weighted by atomic mass is 9.75. The number of aliphatic hydroxyl groups is 1. The van der Waals surface area contributed by atoms with E-state index in [1.807, 2.05) is 23.1 Å². The predicted molar refractivity (Wildman–Crippen MR) is 80.8 cm³/mol. The zero-order valence-corrected chi connectivity index (χ0v) is 12.4. The lowest BCUT2D eigenvalue weighted by Crippen LogP contribution is -2.67. The summed E-state index contributed by atoms with van der Waals surface area (Å²) in [5.74, 6) is 0.689. The van der Waals surface area contributed by atoms with Gasteiger partial charge >= 0.3 is 0 Å². The Kier molecular flexibility index (Phi) is 2.90. The van der Waals surface area contributed by atoms with Crippen LogP contribution in [0.25, 0.3) is 0 Å². The second kappa shape index (κ2) is 4.57. The molecule has 0 atom stereocenters. The van der Waals surface area contributed by atoms with Crippen LogP contribution in [0.3, 0.4) is 0 Å². The van der Waals surface area contributed by atoms with E-state index in [0.717, 1.165) is 44.1 Å². The van der Waals surface area contributed by atoms with Gasteiger partial charge in [0.15, 0.2) is 0 Å². The Bertz CT molecular complexity index is 538. The molecule has 1 saturated heterocycles. The first-order chi connectivity index (χ1) is 10.1. The Morgan fingerprint density at radius 1 is 1.10 bits per heavy atom. The molecule has 3 fully saturated rings. The van der Waals surface area contributed by atoms with Crippen molar-refractivity contribution in [3.8, 4) is 0 Å². The van der Waals surface area contributed by atoms with Crippen molar-refractivity contribution in [1.29, 1.82) is 0 Å². The van der Waals surface area contributed by atoms with Gasteiger partial charge in [-0.05, 0) is 37.2 Å². The highest BCUT2D eigenvalue weighted by Gasteiger charge is 2.56. The zero-order valence-electron chi connectivity index (χ0n) is 12.4. The van der Waals surface area contributed by atoms with Crippen LogP contribution in [0.5, 0.6) is 0 Å². The summed E-state index contributed by atoms with van der Waals surface area (Å²) >= 11 is 0. The number of rotatable bonds is 3. The number of nitrogens with zero attached hydrogens (tertiary/aromatic N) is 1. The van der Waals surface area contributed by atoms with E-state index >= 15 is 0 Å². The smallest absolute Gasteiger partial charge is 0.233 e. The van der Waals surface area contributed by atoms with Crippen molar-refractivity contribution < 1.29 is 9.90 Å². The normalized spacial score (nSPS) is 26.4. The number of benzene rings is 1. The Morgan fingerprint density at radius 2 is 1.71 bits per heavy atom. The first-order valence-electron chi connectivity index (χ1n) is 8.21. The fourth-order valence-electron chi connectivity index (χ4n) is 4.30. The van der Waals surface area contributed by atoms with Crippen molar-refractivity contribution >= 4 is 5.91 Å².